The number of nitrogens with zero attached hydrogens (tertiary/aromatic N) is 6. The Balaban J connectivity index is 1.73. The Kier molecular flexibility index (Phi) is 5.25. The van der Waals surface area contributed by atoms with Gasteiger partial charge in [0.15, 0.2) is 0 Å². The highest BCUT2D eigenvalue weighted by Crippen LogP contribution is 2.27. The number of amides is 1. The Labute approximate surface area is 171 Å². The SMILES string of the molecule is Cc1ccc(-c2cc(C(=O)NC(C)c3cnccn3)cc(-n3cnnn3)c2)c(F)c1. The monoisotopic (exact) mass is 403 g/mol. The molecule has 1 atom stereocenters. The van der Waals surface area contributed by atoms with Crippen LogP contribution in [0.15, 0.2) is 61.3 Å². The quantitative estimate of drug-likeness (QED) is 0.550. The van der Waals surface area contributed by atoms with Crippen LogP contribution in [0.3, 0.4) is 0 Å². The number of rotatable bonds is 5. The average molecular weight is 403 g/mol. The van der Waals surface area contributed by atoms with Crippen LogP contribution in [-0.4, -0.2) is 36.1 Å². The van der Waals surface area contributed by atoms with Crippen LogP contribution in [0, 0.1) is 12.7 Å². The molecule has 9 heteroatoms. The smallest absolute Gasteiger partial charge is 0.251 e. The van der Waals surface area contributed by atoms with Gasteiger partial charge in [-0.25, -0.2) is 9.07 Å². The molecule has 0 radical (unpaired) electrons. The number of halogens is 1. The molecular formula is C21H18FN7O. The number of carbonyl (C=O) groups excluding carboxylic acids is 1. The first-order valence-electron chi connectivity index (χ1n) is 9.23. The zero-order valence-electron chi connectivity index (χ0n) is 16.3. The van der Waals surface area contributed by atoms with Gasteiger partial charge < -0.3 is 5.32 Å². The molecule has 0 aliphatic carbocycles. The van der Waals surface area contributed by atoms with Crippen molar-refractivity contribution in [1.82, 2.24) is 35.5 Å². The largest absolute Gasteiger partial charge is 0.344 e. The van der Waals surface area contributed by atoms with Crippen LogP contribution in [-0.2, 0) is 0 Å². The maximum atomic E-state index is 14.6. The fourth-order valence-electron chi connectivity index (χ4n) is 3.05. The van der Waals surface area contributed by atoms with Crippen LogP contribution in [0.2, 0.25) is 0 Å². The lowest BCUT2D eigenvalue weighted by Crippen LogP contribution is -2.27. The fraction of sp³-hybridized carbons (Fsp3) is 0.143. The molecule has 0 spiro atoms. The zero-order chi connectivity index (χ0) is 21.1. The fourth-order valence-corrected chi connectivity index (χ4v) is 3.05. The Bertz CT molecular complexity index is 1180. The summed E-state index contributed by atoms with van der Waals surface area (Å²) in [5, 5.41) is 14.0. The van der Waals surface area contributed by atoms with E-state index in [4.69, 9.17) is 0 Å². The topological polar surface area (TPSA) is 98.5 Å². The third-order valence-electron chi connectivity index (χ3n) is 4.60. The van der Waals surface area contributed by atoms with Gasteiger partial charge in [-0.1, -0.05) is 12.1 Å². The van der Waals surface area contributed by atoms with E-state index in [9.17, 15) is 9.18 Å². The summed E-state index contributed by atoms with van der Waals surface area (Å²) >= 11 is 0. The van der Waals surface area contributed by atoms with E-state index < -0.39 is 0 Å². The molecule has 0 bridgehead atoms. The van der Waals surface area contributed by atoms with Crippen molar-refractivity contribution in [1.29, 1.82) is 0 Å². The lowest BCUT2D eigenvalue weighted by molar-refractivity contribution is 0.0939. The molecular weight excluding hydrogens is 385 g/mol. The van der Waals surface area contributed by atoms with Gasteiger partial charge in [0.1, 0.15) is 12.1 Å². The van der Waals surface area contributed by atoms with Gasteiger partial charge in [-0.2, -0.15) is 0 Å². The van der Waals surface area contributed by atoms with Crippen LogP contribution in [0.1, 0.15) is 34.6 Å². The molecule has 4 aromatic rings. The van der Waals surface area contributed by atoms with Crippen molar-refractivity contribution in [2.75, 3.05) is 0 Å². The Morgan fingerprint density at radius 3 is 2.73 bits per heavy atom. The summed E-state index contributed by atoms with van der Waals surface area (Å²) in [4.78, 5) is 21.2. The predicted molar refractivity (Wildman–Crippen MR) is 107 cm³/mol. The first-order chi connectivity index (χ1) is 14.5. The van der Waals surface area contributed by atoms with E-state index >= 15 is 0 Å². The molecule has 8 nitrogen and oxygen atoms in total. The number of hydrogen-bond acceptors (Lipinski definition) is 6. The third-order valence-corrected chi connectivity index (χ3v) is 4.60. The maximum Gasteiger partial charge on any atom is 0.251 e. The summed E-state index contributed by atoms with van der Waals surface area (Å²) in [5.74, 6) is -0.708. The molecule has 1 unspecified atom stereocenters. The summed E-state index contributed by atoms with van der Waals surface area (Å²) in [6.07, 6.45) is 6.13. The standard InChI is InChI=1S/C21H18FN7O/c1-13-3-4-18(19(22)7-13)15-8-16(10-17(9-15)29-12-25-27-28-29)21(30)26-14(2)20-11-23-5-6-24-20/h3-12,14H,1-2H3,(H,26,30). The van der Waals surface area contributed by atoms with Crippen molar-refractivity contribution in [2.45, 2.75) is 19.9 Å². The van der Waals surface area contributed by atoms with Gasteiger partial charge in [0.25, 0.3) is 5.91 Å². The number of carbonyl (C=O) groups is 1. The lowest BCUT2D eigenvalue weighted by Gasteiger charge is -2.15. The molecule has 2 heterocycles. The van der Waals surface area contributed by atoms with Gasteiger partial charge in [-0.3, -0.25) is 14.8 Å². The van der Waals surface area contributed by atoms with Crippen molar-refractivity contribution in [3.05, 3.63) is 84.0 Å². The van der Waals surface area contributed by atoms with Gasteiger partial charge in [-0.15, -0.1) is 5.10 Å². The summed E-state index contributed by atoms with van der Waals surface area (Å²) in [5.41, 5.74) is 3.24. The Hall–Kier alpha value is -4.01. The minimum atomic E-state index is -0.372. The number of tetrazole rings is 1. The molecule has 0 fully saturated rings. The van der Waals surface area contributed by atoms with Crippen molar-refractivity contribution < 1.29 is 9.18 Å². The molecule has 4 rings (SSSR count). The highest BCUT2D eigenvalue weighted by molar-refractivity contribution is 5.96. The molecule has 1 N–H and O–H groups in total. The van der Waals surface area contributed by atoms with E-state index in [0.717, 1.165) is 5.56 Å². The molecule has 2 aromatic heterocycles. The van der Waals surface area contributed by atoms with E-state index in [-0.39, 0.29) is 17.8 Å². The molecule has 1 amide bonds. The first-order valence-corrected chi connectivity index (χ1v) is 9.23. The molecule has 30 heavy (non-hydrogen) atoms. The molecule has 0 aliphatic heterocycles. The van der Waals surface area contributed by atoms with Gasteiger partial charge >= 0.3 is 0 Å². The van der Waals surface area contributed by atoms with Crippen molar-refractivity contribution in [3.8, 4) is 16.8 Å². The van der Waals surface area contributed by atoms with E-state index in [1.807, 2.05) is 19.9 Å². The lowest BCUT2D eigenvalue weighted by atomic mass is 9.99. The minimum Gasteiger partial charge on any atom is -0.344 e. The second-order valence-electron chi connectivity index (χ2n) is 6.83. The Morgan fingerprint density at radius 2 is 2.03 bits per heavy atom. The second kappa shape index (κ2) is 8.16. The molecule has 0 aliphatic rings. The normalized spacial score (nSPS) is 11.8. The van der Waals surface area contributed by atoms with Gasteiger partial charge in [0, 0.05) is 23.5 Å². The van der Waals surface area contributed by atoms with Gasteiger partial charge in [0.2, 0.25) is 0 Å². The number of aryl methyl sites for hydroxylation is 1. The van der Waals surface area contributed by atoms with E-state index in [0.29, 0.717) is 28.1 Å². The van der Waals surface area contributed by atoms with E-state index in [1.54, 1.807) is 42.9 Å². The van der Waals surface area contributed by atoms with Crippen LogP contribution >= 0.6 is 0 Å². The minimum absolute atomic E-state index is 0.336. The maximum absolute atomic E-state index is 14.6. The van der Waals surface area contributed by atoms with E-state index in [1.165, 1.54) is 17.1 Å². The molecule has 0 saturated heterocycles. The number of benzene rings is 2. The van der Waals surface area contributed by atoms with Crippen LogP contribution < -0.4 is 5.32 Å². The van der Waals surface area contributed by atoms with Crippen molar-refractivity contribution >= 4 is 5.91 Å². The third kappa shape index (κ3) is 4.04. The van der Waals surface area contributed by atoms with E-state index in [2.05, 4.69) is 30.8 Å². The zero-order valence-corrected chi connectivity index (χ0v) is 16.3. The molecule has 150 valence electrons. The second-order valence-corrected chi connectivity index (χ2v) is 6.83. The number of hydrogen-bond donors (Lipinski definition) is 1. The van der Waals surface area contributed by atoms with Crippen molar-refractivity contribution in [2.24, 2.45) is 0 Å². The van der Waals surface area contributed by atoms with Crippen molar-refractivity contribution in [3.63, 3.8) is 0 Å². The van der Waals surface area contributed by atoms with Crippen LogP contribution in [0.25, 0.3) is 16.8 Å². The molecule has 0 saturated carbocycles. The highest BCUT2D eigenvalue weighted by atomic mass is 19.1. The summed E-state index contributed by atoms with van der Waals surface area (Å²) in [6, 6.07) is 9.61. The first kappa shape index (κ1) is 19.3. The van der Waals surface area contributed by atoms with Crippen LogP contribution in [0.4, 0.5) is 4.39 Å². The summed E-state index contributed by atoms with van der Waals surface area (Å²) < 4.78 is 16.0. The number of aromatic nitrogens is 6. The Morgan fingerprint density at radius 1 is 1.17 bits per heavy atom. The van der Waals surface area contributed by atoms with Crippen LogP contribution in [0.5, 0.6) is 0 Å². The van der Waals surface area contributed by atoms with Gasteiger partial charge in [-0.05, 0) is 59.7 Å². The summed E-state index contributed by atoms with van der Waals surface area (Å²) in [7, 11) is 0. The predicted octanol–water partition coefficient (Wildman–Crippen LogP) is 3.06. The van der Waals surface area contributed by atoms with Gasteiger partial charge in [0.05, 0.1) is 23.6 Å². The summed E-state index contributed by atoms with van der Waals surface area (Å²) in [6.45, 7) is 3.63. The molecule has 2 aromatic carbocycles. The number of nitrogens with one attached hydrogen (secondary N) is 1. The highest BCUT2D eigenvalue weighted by Gasteiger charge is 2.16. The average Bonchev–Trinajstić information content (AvgIpc) is 3.29.